The van der Waals surface area contributed by atoms with Crippen LogP contribution in [0.1, 0.15) is 17.4 Å². The lowest BCUT2D eigenvalue weighted by Crippen LogP contribution is -2.08. The normalized spacial score (nSPS) is 20.4. The molecule has 6 heteroatoms. The zero-order chi connectivity index (χ0) is 10.3. The summed E-state index contributed by atoms with van der Waals surface area (Å²) in [5, 5.41) is 9.23. The summed E-state index contributed by atoms with van der Waals surface area (Å²) in [5.74, 6) is -0.132. The molecular weight excluding hydrogens is 199 g/mol. The Bertz CT molecular complexity index is 364. The Morgan fingerprint density at radius 1 is 1.43 bits per heavy atom. The summed E-state index contributed by atoms with van der Waals surface area (Å²) in [4.78, 5) is 3.27. The average molecular weight is 205 g/mol. The first-order valence-corrected chi connectivity index (χ1v) is 3.87. The second kappa shape index (κ2) is 2.84. The molecule has 76 valence electrons. The summed E-state index contributed by atoms with van der Waals surface area (Å²) in [7, 11) is 0. The smallest absolute Gasteiger partial charge is 0.433 e. The Hall–Kier alpha value is -1.30. The minimum Gasteiger partial charge on any atom is -0.474 e. The maximum absolute atomic E-state index is 12.2. The Labute approximate surface area is 77.1 Å². The van der Waals surface area contributed by atoms with Crippen LogP contribution >= 0.6 is 0 Å². The molecule has 0 unspecified atom stereocenters. The molecule has 2 rings (SSSR count). The topological polar surface area (TPSA) is 42.4 Å². The molecule has 0 saturated carbocycles. The molecule has 1 atom stereocenters. The molecule has 0 bridgehead atoms. The van der Waals surface area contributed by atoms with E-state index in [0.29, 0.717) is 5.56 Å². The maximum atomic E-state index is 12.2. The van der Waals surface area contributed by atoms with Crippen LogP contribution in [-0.2, 0) is 6.18 Å². The van der Waals surface area contributed by atoms with E-state index in [0.717, 1.165) is 6.07 Å². The van der Waals surface area contributed by atoms with Gasteiger partial charge in [-0.05, 0) is 12.1 Å². The summed E-state index contributed by atoms with van der Waals surface area (Å²) < 4.78 is 41.3. The van der Waals surface area contributed by atoms with Crippen LogP contribution in [0.25, 0.3) is 0 Å². The molecule has 1 aromatic heterocycles. The van der Waals surface area contributed by atoms with Crippen molar-refractivity contribution in [1.82, 2.24) is 4.98 Å². The van der Waals surface area contributed by atoms with E-state index in [9.17, 15) is 18.3 Å². The second-order valence-corrected chi connectivity index (χ2v) is 2.92. The number of fused-ring (bicyclic) bond motifs is 1. The van der Waals surface area contributed by atoms with E-state index in [4.69, 9.17) is 4.74 Å². The van der Waals surface area contributed by atoms with E-state index < -0.39 is 18.0 Å². The zero-order valence-electron chi connectivity index (χ0n) is 6.88. The highest BCUT2D eigenvalue weighted by Gasteiger charge is 2.35. The van der Waals surface area contributed by atoms with Crippen molar-refractivity contribution in [2.24, 2.45) is 0 Å². The van der Waals surface area contributed by atoms with Gasteiger partial charge >= 0.3 is 6.18 Å². The van der Waals surface area contributed by atoms with Crippen LogP contribution in [0.5, 0.6) is 5.88 Å². The summed E-state index contributed by atoms with van der Waals surface area (Å²) in [6.07, 6.45) is -5.36. The highest BCUT2D eigenvalue weighted by molar-refractivity contribution is 5.34. The molecule has 0 radical (unpaired) electrons. The zero-order valence-corrected chi connectivity index (χ0v) is 6.88. The number of ether oxygens (including phenoxy) is 1. The highest BCUT2D eigenvalue weighted by atomic mass is 19.4. The standard InChI is InChI=1S/C8H6F3NO2/c9-8(10,11)6-2-1-4-5(13)3-14-7(4)12-6/h1-2,5,13H,3H2/t5-/m0/s1. The maximum Gasteiger partial charge on any atom is 0.433 e. The number of aliphatic hydroxyl groups is 1. The molecular formula is C8H6F3NO2. The van der Waals surface area contributed by atoms with E-state index in [1.54, 1.807) is 0 Å². The van der Waals surface area contributed by atoms with Crippen LogP contribution in [0, 0.1) is 0 Å². The van der Waals surface area contributed by atoms with Crippen molar-refractivity contribution in [3.8, 4) is 5.88 Å². The van der Waals surface area contributed by atoms with E-state index in [1.165, 1.54) is 6.07 Å². The molecule has 3 nitrogen and oxygen atoms in total. The minimum absolute atomic E-state index is 0.0381. The lowest BCUT2D eigenvalue weighted by Gasteiger charge is -2.06. The van der Waals surface area contributed by atoms with Crippen LogP contribution in [0.4, 0.5) is 13.2 Å². The van der Waals surface area contributed by atoms with Gasteiger partial charge in [-0.3, -0.25) is 0 Å². The second-order valence-electron chi connectivity index (χ2n) is 2.92. The SMILES string of the molecule is O[C@H]1COc2nc(C(F)(F)F)ccc21. The Morgan fingerprint density at radius 3 is 2.79 bits per heavy atom. The fourth-order valence-electron chi connectivity index (χ4n) is 1.23. The predicted molar refractivity (Wildman–Crippen MR) is 39.7 cm³/mol. The van der Waals surface area contributed by atoms with Gasteiger partial charge in [-0.1, -0.05) is 0 Å². The third kappa shape index (κ3) is 1.41. The number of nitrogens with zero attached hydrogens (tertiary/aromatic N) is 1. The van der Waals surface area contributed by atoms with Gasteiger partial charge in [-0.2, -0.15) is 13.2 Å². The molecule has 2 heterocycles. The van der Waals surface area contributed by atoms with Crippen molar-refractivity contribution < 1.29 is 23.0 Å². The van der Waals surface area contributed by atoms with Gasteiger partial charge in [0.15, 0.2) is 0 Å². The van der Waals surface area contributed by atoms with Gasteiger partial charge in [0.25, 0.3) is 0 Å². The molecule has 1 aliphatic rings. The van der Waals surface area contributed by atoms with Crippen molar-refractivity contribution in [3.63, 3.8) is 0 Å². The largest absolute Gasteiger partial charge is 0.474 e. The fraction of sp³-hybridized carbons (Fsp3) is 0.375. The van der Waals surface area contributed by atoms with Crippen molar-refractivity contribution in [3.05, 3.63) is 23.4 Å². The van der Waals surface area contributed by atoms with Gasteiger partial charge in [0.05, 0.1) is 0 Å². The van der Waals surface area contributed by atoms with Crippen LogP contribution in [0.15, 0.2) is 12.1 Å². The number of aliphatic hydroxyl groups excluding tert-OH is 1. The fourth-order valence-corrected chi connectivity index (χ4v) is 1.23. The van der Waals surface area contributed by atoms with Gasteiger partial charge in [0.2, 0.25) is 5.88 Å². The number of aromatic nitrogens is 1. The molecule has 0 aliphatic carbocycles. The van der Waals surface area contributed by atoms with Crippen LogP contribution < -0.4 is 4.74 Å². The predicted octanol–water partition coefficient (Wildman–Crippen LogP) is 1.53. The lowest BCUT2D eigenvalue weighted by molar-refractivity contribution is -0.141. The number of pyridine rings is 1. The summed E-state index contributed by atoms with van der Waals surface area (Å²) in [5.41, 5.74) is -0.705. The van der Waals surface area contributed by atoms with Gasteiger partial charge < -0.3 is 9.84 Å². The van der Waals surface area contributed by atoms with Gasteiger partial charge in [0, 0.05) is 5.56 Å². The molecule has 1 aliphatic heterocycles. The number of halogens is 3. The number of rotatable bonds is 0. The Balaban J connectivity index is 2.42. The quantitative estimate of drug-likeness (QED) is 0.698. The minimum atomic E-state index is -4.48. The summed E-state index contributed by atoms with van der Waals surface area (Å²) in [6, 6.07) is 2.01. The van der Waals surface area contributed by atoms with E-state index >= 15 is 0 Å². The number of alkyl halides is 3. The van der Waals surface area contributed by atoms with Crippen LogP contribution in [-0.4, -0.2) is 16.7 Å². The monoisotopic (exact) mass is 205 g/mol. The Morgan fingerprint density at radius 2 is 2.14 bits per heavy atom. The molecule has 0 aromatic carbocycles. The van der Waals surface area contributed by atoms with Crippen LogP contribution in [0.3, 0.4) is 0 Å². The Kier molecular flexibility index (Phi) is 1.88. The van der Waals surface area contributed by atoms with E-state index in [-0.39, 0.29) is 12.5 Å². The first kappa shape index (κ1) is 9.26. The third-order valence-corrected chi connectivity index (χ3v) is 1.92. The molecule has 0 spiro atoms. The summed E-state index contributed by atoms with van der Waals surface area (Å²) >= 11 is 0. The lowest BCUT2D eigenvalue weighted by atomic mass is 10.2. The van der Waals surface area contributed by atoms with Crippen molar-refractivity contribution in [1.29, 1.82) is 0 Å². The van der Waals surface area contributed by atoms with Crippen molar-refractivity contribution in [2.75, 3.05) is 6.61 Å². The van der Waals surface area contributed by atoms with Gasteiger partial charge in [0.1, 0.15) is 18.4 Å². The molecule has 0 amide bonds. The molecule has 14 heavy (non-hydrogen) atoms. The first-order valence-electron chi connectivity index (χ1n) is 3.87. The van der Waals surface area contributed by atoms with Gasteiger partial charge in [-0.25, -0.2) is 4.98 Å². The van der Waals surface area contributed by atoms with Crippen LogP contribution in [0.2, 0.25) is 0 Å². The molecule has 0 saturated heterocycles. The first-order chi connectivity index (χ1) is 6.48. The molecule has 1 N–H and O–H groups in total. The van der Waals surface area contributed by atoms with Gasteiger partial charge in [-0.15, -0.1) is 0 Å². The van der Waals surface area contributed by atoms with E-state index in [2.05, 4.69) is 4.98 Å². The highest BCUT2D eigenvalue weighted by Crippen LogP contribution is 2.35. The van der Waals surface area contributed by atoms with E-state index in [1.807, 2.05) is 0 Å². The summed E-state index contributed by atoms with van der Waals surface area (Å²) in [6.45, 7) is -0.0381. The molecule has 0 fully saturated rings. The van der Waals surface area contributed by atoms with Crippen molar-refractivity contribution in [2.45, 2.75) is 12.3 Å². The number of hydrogen-bond acceptors (Lipinski definition) is 3. The number of hydrogen-bond donors (Lipinski definition) is 1. The van der Waals surface area contributed by atoms with Crippen molar-refractivity contribution >= 4 is 0 Å². The molecule has 1 aromatic rings. The average Bonchev–Trinajstić information content (AvgIpc) is 2.46. The third-order valence-electron chi connectivity index (χ3n) is 1.92.